The Bertz CT molecular complexity index is 1410. The first-order chi connectivity index (χ1) is 18.1. The minimum atomic E-state index is -0.525. The van der Waals surface area contributed by atoms with Crippen molar-refractivity contribution in [2.24, 2.45) is 10.2 Å². The molecule has 0 saturated carbocycles. The number of benzene rings is 2. The number of nitrogens with zero attached hydrogens (tertiary/aromatic N) is 4. The molecule has 1 fully saturated rings. The average Bonchev–Trinajstić information content (AvgIpc) is 3.41. The van der Waals surface area contributed by atoms with Gasteiger partial charge in [0.25, 0.3) is 0 Å². The van der Waals surface area contributed by atoms with E-state index in [1.807, 2.05) is 71.0 Å². The van der Waals surface area contributed by atoms with Gasteiger partial charge < -0.3 is 23.9 Å². The van der Waals surface area contributed by atoms with Gasteiger partial charge in [0.2, 0.25) is 0 Å². The van der Waals surface area contributed by atoms with Crippen LogP contribution in [0.5, 0.6) is 11.5 Å². The van der Waals surface area contributed by atoms with Gasteiger partial charge in [-0.05, 0) is 52.8 Å². The van der Waals surface area contributed by atoms with Gasteiger partial charge in [-0.2, -0.15) is 0 Å². The van der Waals surface area contributed by atoms with Gasteiger partial charge in [-0.15, -0.1) is 10.2 Å². The molecule has 0 unspecified atom stereocenters. The van der Waals surface area contributed by atoms with Crippen molar-refractivity contribution in [3.8, 4) is 11.5 Å². The maximum absolute atomic E-state index is 12.5. The molecule has 0 aliphatic carbocycles. The Kier molecular flexibility index (Phi) is 6.88. The molecule has 2 aliphatic rings. The molecule has 200 valence electrons. The molecular formula is C29H34N4O5. The van der Waals surface area contributed by atoms with Crippen LogP contribution in [0.25, 0.3) is 22.7 Å². The van der Waals surface area contributed by atoms with E-state index in [2.05, 4.69) is 15.1 Å². The van der Waals surface area contributed by atoms with Gasteiger partial charge in [0.15, 0.2) is 11.5 Å². The number of fused-ring (bicyclic) bond motifs is 2. The lowest BCUT2D eigenvalue weighted by Crippen LogP contribution is -2.49. The van der Waals surface area contributed by atoms with E-state index in [1.165, 1.54) is 0 Å². The molecule has 1 amide bonds. The third-order valence-corrected chi connectivity index (χ3v) is 6.40. The van der Waals surface area contributed by atoms with Crippen LogP contribution in [0.2, 0.25) is 0 Å². The number of aromatic hydroxyl groups is 1. The summed E-state index contributed by atoms with van der Waals surface area (Å²) in [5.41, 5.74) is 3.21. The number of piperazine rings is 1. The Balaban J connectivity index is 1.43. The summed E-state index contributed by atoms with van der Waals surface area (Å²) in [5, 5.41) is 20.2. The molecule has 0 atom stereocenters. The molecule has 3 heterocycles. The van der Waals surface area contributed by atoms with Crippen LogP contribution >= 0.6 is 0 Å². The van der Waals surface area contributed by atoms with Gasteiger partial charge in [0.1, 0.15) is 16.9 Å². The van der Waals surface area contributed by atoms with Crippen LogP contribution in [-0.2, 0) is 11.3 Å². The van der Waals surface area contributed by atoms with Crippen molar-refractivity contribution in [3.63, 3.8) is 0 Å². The minimum absolute atomic E-state index is 0.0317. The normalized spacial score (nSPS) is 17.0. The molecule has 9 heteroatoms. The molecule has 1 N–H and O–H groups in total. The summed E-state index contributed by atoms with van der Waals surface area (Å²) in [4.78, 5) is 16.5. The number of azo groups is 1. The van der Waals surface area contributed by atoms with Crippen molar-refractivity contribution >= 4 is 34.5 Å². The molecular weight excluding hydrogens is 484 g/mol. The Morgan fingerprint density at radius 1 is 1.11 bits per heavy atom. The van der Waals surface area contributed by atoms with E-state index < -0.39 is 5.60 Å². The fourth-order valence-corrected chi connectivity index (χ4v) is 4.62. The minimum Gasteiger partial charge on any atom is -0.504 e. The first kappa shape index (κ1) is 25.8. The van der Waals surface area contributed by atoms with E-state index in [9.17, 15) is 9.90 Å². The first-order valence-electron chi connectivity index (χ1n) is 13.0. The predicted molar refractivity (Wildman–Crippen MR) is 146 cm³/mol. The standard InChI is InChI=1S/C29H34N4O5/c1-18(2)36-24-11-10-20-26(34)25(16-23-19-8-6-7-9-22(19)30-31-23)37-27(20)21(24)17-32-12-14-33(15-13-32)28(35)38-29(3,4)5/h6-11,16,18,34H,12-15,17H2,1-5H3. The number of hydrogen-bond acceptors (Lipinski definition) is 8. The van der Waals surface area contributed by atoms with Gasteiger partial charge in [-0.3, -0.25) is 4.90 Å². The van der Waals surface area contributed by atoms with Crippen molar-refractivity contribution in [3.05, 3.63) is 53.3 Å². The predicted octanol–water partition coefficient (Wildman–Crippen LogP) is 6.57. The third-order valence-electron chi connectivity index (χ3n) is 6.40. The summed E-state index contributed by atoms with van der Waals surface area (Å²) >= 11 is 0. The number of ether oxygens (including phenoxy) is 2. The SMILES string of the molecule is CC(C)Oc1ccc2c(O)c(C=C3N=Nc4ccccc43)oc2c1CN1CCN(C(=O)OC(C)(C)C)CC1. The van der Waals surface area contributed by atoms with Crippen LogP contribution in [0.15, 0.2) is 51.0 Å². The molecule has 9 nitrogen and oxygen atoms in total. The van der Waals surface area contributed by atoms with E-state index in [1.54, 1.807) is 11.0 Å². The van der Waals surface area contributed by atoms with Crippen LogP contribution in [0.4, 0.5) is 10.5 Å². The lowest BCUT2D eigenvalue weighted by molar-refractivity contribution is 0.0138. The number of carbonyl (C=O) groups is 1. The van der Waals surface area contributed by atoms with Crippen LogP contribution in [0, 0.1) is 0 Å². The smallest absolute Gasteiger partial charge is 0.410 e. The summed E-state index contributed by atoms with van der Waals surface area (Å²) in [6, 6.07) is 11.4. The van der Waals surface area contributed by atoms with Gasteiger partial charge in [0, 0.05) is 44.4 Å². The maximum atomic E-state index is 12.5. The quantitative estimate of drug-likeness (QED) is 0.410. The lowest BCUT2D eigenvalue weighted by atomic mass is 10.1. The van der Waals surface area contributed by atoms with Gasteiger partial charge >= 0.3 is 6.09 Å². The molecule has 3 aromatic rings. The van der Waals surface area contributed by atoms with E-state index in [4.69, 9.17) is 13.9 Å². The lowest BCUT2D eigenvalue weighted by Gasteiger charge is -2.35. The number of hydrogen-bond donors (Lipinski definition) is 1. The summed E-state index contributed by atoms with van der Waals surface area (Å²) in [6.07, 6.45) is 1.40. The zero-order valence-electron chi connectivity index (χ0n) is 22.5. The van der Waals surface area contributed by atoms with E-state index in [0.29, 0.717) is 60.9 Å². The Labute approximate surface area is 222 Å². The van der Waals surface area contributed by atoms with Crippen LogP contribution in [0.3, 0.4) is 0 Å². The zero-order chi connectivity index (χ0) is 27.0. The molecule has 1 saturated heterocycles. The van der Waals surface area contributed by atoms with Crippen LogP contribution < -0.4 is 4.74 Å². The van der Waals surface area contributed by atoms with Crippen molar-refractivity contribution in [1.29, 1.82) is 0 Å². The van der Waals surface area contributed by atoms with Crippen LogP contribution in [0.1, 0.15) is 51.5 Å². The average molecular weight is 519 g/mol. The monoisotopic (exact) mass is 518 g/mol. The highest BCUT2D eigenvalue weighted by Gasteiger charge is 2.28. The highest BCUT2D eigenvalue weighted by molar-refractivity contribution is 5.95. The van der Waals surface area contributed by atoms with Gasteiger partial charge in [-0.25, -0.2) is 4.79 Å². The van der Waals surface area contributed by atoms with E-state index in [-0.39, 0.29) is 17.9 Å². The number of rotatable bonds is 5. The fourth-order valence-electron chi connectivity index (χ4n) is 4.62. The molecule has 2 aromatic carbocycles. The molecule has 2 aliphatic heterocycles. The Morgan fingerprint density at radius 3 is 2.55 bits per heavy atom. The van der Waals surface area contributed by atoms with Crippen LogP contribution in [-0.4, -0.2) is 58.9 Å². The molecule has 5 rings (SSSR count). The van der Waals surface area contributed by atoms with Crippen molar-refractivity contribution in [2.75, 3.05) is 26.2 Å². The molecule has 0 bridgehead atoms. The van der Waals surface area contributed by atoms with Gasteiger partial charge in [-0.1, -0.05) is 18.2 Å². The summed E-state index contributed by atoms with van der Waals surface area (Å²) in [5.74, 6) is 1.09. The second-order valence-corrected chi connectivity index (χ2v) is 10.9. The third kappa shape index (κ3) is 5.38. The maximum Gasteiger partial charge on any atom is 0.410 e. The Morgan fingerprint density at radius 2 is 1.84 bits per heavy atom. The second kappa shape index (κ2) is 10.1. The fraction of sp³-hybridized carbons (Fsp3) is 0.414. The van der Waals surface area contributed by atoms with Gasteiger partial charge in [0.05, 0.1) is 28.4 Å². The molecule has 0 spiro atoms. The summed E-state index contributed by atoms with van der Waals surface area (Å²) in [6.45, 7) is 12.6. The number of furan rings is 1. The molecule has 0 radical (unpaired) electrons. The van der Waals surface area contributed by atoms with Crippen molar-refractivity contribution in [1.82, 2.24) is 9.80 Å². The van der Waals surface area contributed by atoms with Crippen molar-refractivity contribution < 1.29 is 23.8 Å². The van der Waals surface area contributed by atoms with Crippen molar-refractivity contribution in [2.45, 2.75) is 52.9 Å². The highest BCUT2D eigenvalue weighted by Crippen LogP contribution is 2.42. The molecule has 1 aromatic heterocycles. The second-order valence-electron chi connectivity index (χ2n) is 10.9. The van der Waals surface area contributed by atoms with E-state index in [0.717, 1.165) is 16.8 Å². The summed E-state index contributed by atoms with van der Waals surface area (Å²) < 4.78 is 17.9. The topological polar surface area (TPSA) is 100 Å². The Hall–Kier alpha value is -3.85. The highest BCUT2D eigenvalue weighted by atomic mass is 16.6. The summed E-state index contributed by atoms with van der Waals surface area (Å²) in [7, 11) is 0. The number of amides is 1. The largest absolute Gasteiger partial charge is 0.504 e. The number of carbonyl (C=O) groups excluding carboxylic acids is 1. The van der Waals surface area contributed by atoms with E-state index >= 15 is 0 Å². The molecule has 38 heavy (non-hydrogen) atoms. The first-order valence-corrected chi connectivity index (χ1v) is 13.0. The zero-order valence-corrected chi connectivity index (χ0v) is 22.5.